The van der Waals surface area contributed by atoms with Crippen LogP contribution in [-0.4, -0.2) is 30.2 Å². The van der Waals surface area contributed by atoms with Gasteiger partial charge in [-0.25, -0.2) is 9.37 Å². The molecule has 2 aromatic rings. The predicted molar refractivity (Wildman–Crippen MR) is 83.5 cm³/mol. The van der Waals surface area contributed by atoms with Crippen LogP contribution in [0.15, 0.2) is 36.5 Å². The van der Waals surface area contributed by atoms with E-state index in [-0.39, 0.29) is 16.7 Å². The summed E-state index contributed by atoms with van der Waals surface area (Å²) in [6, 6.07) is 6.86. The number of nitrogens with zero attached hydrogens (tertiary/aromatic N) is 1. The summed E-state index contributed by atoms with van der Waals surface area (Å²) in [6.45, 7) is 1.20. The lowest BCUT2D eigenvalue weighted by Gasteiger charge is -2.12. The predicted octanol–water partition coefficient (Wildman–Crippen LogP) is 3.29. The molecule has 2 heterocycles. The molecule has 0 spiro atoms. The number of pyridine rings is 1. The maximum atomic E-state index is 13.0. The van der Waals surface area contributed by atoms with Gasteiger partial charge in [-0.05, 0) is 24.3 Å². The van der Waals surface area contributed by atoms with E-state index in [0.717, 1.165) is 12.5 Å². The van der Waals surface area contributed by atoms with Gasteiger partial charge in [0.2, 0.25) is 5.88 Å². The van der Waals surface area contributed by atoms with Crippen molar-refractivity contribution in [3.63, 3.8) is 0 Å². The normalized spacial score (nSPS) is 17.0. The van der Waals surface area contributed by atoms with E-state index in [9.17, 15) is 9.18 Å². The number of halogens is 2. The highest BCUT2D eigenvalue weighted by Crippen LogP contribution is 2.21. The third-order valence-electron chi connectivity index (χ3n) is 3.34. The zero-order chi connectivity index (χ0) is 16.2. The molecule has 1 fully saturated rings. The van der Waals surface area contributed by atoms with Crippen LogP contribution in [0.3, 0.4) is 0 Å². The highest BCUT2D eigenvalue weighted by atomic mass is 35.5. The van der Waals surface area contributed by atoms with Crippen LogP contribution in [0.5, 0.6) is 5.88 Å². The summed E-state index contributed by atoms with van der Waals surface area (Å²) in [5.74, 6) is -0.523. The van der Waals surface area contributed by atoms with Crippen molar-refractivity contribution in [3.8, 4) is 5.88 Å². The van der Waals surface area contributed by atoms with E-state index in [1.165, 1.54) is 18.3 Å². The van der Waals surface area contributed by atoms with Crippen molar-refractivity contribution in [1.29, 1.82) is 0 Å². The molecule has 1 saturated heterocycles. The van der Waals surface area contributed by atoms with E-state index in [0.29, 0.717) is 24.8 Å². The molecular formula is C16H14ClFN2O3. The topological polar surface area (TPSA) is 60.5 Å². The molecule has 1 aromatic heterocycles. The minimum atomic E-state index is -0.495. The van der Waals surface area contributed by atoms with Crippen LogP contribution in [0.2, 0.25) is 5.02 Å². The van der Waals surface area contributed by atoms with Crippen molar-refractivity contribution < 1.29 is 18.7 Å². The Morgan fingerprint density at radius 3 is 3.00 bits per heavy atom. The molecule has 1 amide bonds. The fourth-order valence-corrected chi connectivity index (χ4v) is 2.45. The summed E-state index contributed by atoms with van der Waals surface area (Å²) in [5.41, 5.74) is 0.704. The molecule has 5 nitrogen and oxygen atoms in total. The lowest BCUT2D eigenvalue weighted by atomic mass is 10.2. The van der Waals surface area contributed by atoms with E-state index in [1.807, 2.05) is 0 Å². The maximum Gasteiger partial charge on any atom is 0.257 e. The van der Waals surface area contributed by atoms with Crippen LogP contribution in [0, 0.1) is 5.82 Å². The SMILES string of the molecule is O=C(Nc1ccnc(O[C@H]2CCOC2)c1)c1ccc(F)cc1Cl. The molecule has 7 heteroatoms. The highest BCUT2D eigenvalue weighted by molar-refractivity contribution is 6.34. The number of anilines is 1. The largest absolute Gasteiger partial charge is 0.472 e. The number of amides is 1. The Balaban J connectivity index is 1.70. The molecule has 1 aliphatic heterocycles. The van der Waals surface area contributed by atoms with Crippen LogP contribution >= 0.6 is 11.6 Å². The second-order valence-electron chi connectivity index (χ2n) is 5.06. The van der Waals surface area contributed by atoms with Gasteiger partial charge >= 0.3 is 0 Å². The quantitative estimate of drug-likeness (QED) is 0.930. The average molecular weight is 337 g/mol. The van der Waals surface area contributed by atoms with Gasteiger partial charge in [-0.3, -0.25) is 4.79 Å². The van der Waals surface area contributed by atoms with Gasteiger partial charge < -0.3 is 14.8 Å². The summed E-state index contributed by atoms with van der Waals surface area (Å²) < 4.78 is 23.9. The molecular weight excluding hydrogens is 323 g/mol. The molecule has 1 aromatic carbocycles. The van der Waals surface area contributed by atoms with Crippen molar-refractivity contribution in [2.75, 3.05) is 18.5 Å². The Morgan fingerprint density at radius 2 is 2.26 bits per heavy atom. The first-order valence-electron chi connectivity index (χ1n) is 7.08. The Labute approximate surface area is 137 Å². The van der Waals surface area contributed by atoms with Crippen LogP contribution in [0.25, 0.3) is 0 Å². The molecule has 0 radical (unpaired) electrons. The smallest absolute Gasteiger partial charge is 0.257 e. The standard InChI is InChI=1S/C16H14ClFN2O3/c17-14-7-10(18)1-2-13(14)16(21)20-11-3-5-19-15(8-11)23-12-4-6-22-9-12/h1-3,5,7-8,12H,4,6,9H2,(H,19,20,21)/t12-/m0/s1. The number of nitrogens with one attached hydrogen (secondary N) is 1. The molecule has 1 N–H and O–H groups in total. The van der Waals surface area contributed by atoms with Crippen LogP contribution in [-0.2, 0) is 4.74 Å². The van der Waals surface area contributed by atoms with Gasteiger partial charge in [-0.2, -0.15) is 0 Å². The van der Waals surface area contributed by atoms with Crippen LogP contribution in [0.4, 0.5) is 10.1 Å². The second-order valence-corrected chi connectivity index (χ2v) is 5.47. The van der Waals surface area contributed by atoms with E-state index < -0.39 is 11.7 Å². The fourth-order valence-electron chi connectivity index (χ4n) is 2.20. The number of rotatable bonds is 4. The summed E-state index contributed by atoms with van der Waals surface area (Å²) >= 11 is 5.88. The zero-order valence-electron chi connectivity index (χ0n) is 12.1. The number of carbonyl (C=O) groups is 1. The van der Waals surface area contributed by atoms with Gasteiger partial charge in [0.05, 0.1) is 23.8 Å². The minimum absolute atomic E-state index is 0.0278. The third kappa shape index (κ3) is 3.97. The molecule has 23 heavy (non-hydrogen) atoms. The van der Waals surface area contributed by atoms with Crippen LogP contribution in [0.1, 0.15) is 16.8 Å². The Hall–Kier alpha value is -2.18. The van der Waals surface area contributed by atoms with Gasteiger partial charge in [0.15, 0.2) is 0 Å². The van der Waals surface area contributed by atoms with Gasteiger partial charge in [0, 0.05) is 24.4 Å². The molecule has 1 aliphatic rings. The molecule has 3 rings (SSSR count). The Morgan fingerprint density at radius 1 is 1.39 bits per heavy atom. The maximum absolute atomic E-state index is 13.0. The average Bonchev–Trinajstić information content (AvgIpc) is 3.00. The molecule has 0 aliphatic carbocycles. The van der Waals surface area contributed by atoms with E-state index in [1.54, 1.807) is 12.1 Å². The zero-order valence-corrected chi connectivity index (χ0v) is 12.8. The second kappa shape index (κ2) is 6.93. The minimum Gasteiger partial charge on any atom is -0.472 e. The third-order valence-corrected chi connectivity index (χ3v) is 3.66. The van der Waals surface area contributed by atoms with E-state index >= 15 is 0 Å². The molecule has 120 valence electrons. The monoisotopic (exact) mass is 336 g/mol. The van der Waals surface area contributed by atoms with E-state index in [2.05, 4.69) is 10.3 Å². The van der Waals surface area contributed by atoms with Crippen molar-refractivity contribution >= 4 is 23.2 Å². The number of hydrogen-bond acceptors (Lipinski definition) is 4. The number of aromatic nitrogens is 1. The number of hydrogen-bond donors (Lipinski definition) is 1. The fraction of sp³-hybridized carbons (Fsp3) is 0.250. The first-order chi connectivity index (χ1) is 11.1. The van der Waals surface area contributed by atoms with E-state index in [4.69, 9.17) is 21.1 Å². The first kappa shape index (κ1) is 15.7. The lowest BCUT2D eigenvalue weighted by Crippen LogP contribution is -2.17. The summed E-state index contributed by atoms with van der Waals surface area (Å²) in [6.07, 6.45) is 2.32. The van der Waals surface area contributed by atoms with Gasteiger partial charge in [-0.1, -0.05) is 11.6 Å². The van der Waals surface area contributed by atoms with Crippen molar-refractivity contribution in [1.82, 2.24) is 4.98 Å². The van der Waals surface area contributed by atoms with Gasteiger partial charge in [-0.15, -0.1) is 0 Å². The Bertz CT molecular complexity index is 720. The lowest BCUT2D eigenvalue weighted by molar-refractivity contribution is 0.102. The number of carbonyl (C=O) groups excluding carboxylic acids is 1. The molecule has 0 saturated carbocycles. The number of ether oxygens (including phenoxy) is 2. The summed E-state index contributed by atoms with van der Waals surface area (Å²) in [5, 5.41) is 2.74. The van der Waals surface area contributed by atoms with Gasteiger partial charge in [0.25, 0.3) is 5.91 Å². The van der Waals surface area contributed by atoms with Crippen molar-refractivity contribution in [2.45, 2.75) is 12.5 Å². The molecule has 1 atom stereocenters. The van der Waals surface area contributed by atoms with Crippen molar-refractivity contribution in [3.05, 3.63) is 52.9 Å². The summed E-state index contributed by atoms with van der Waals surface area (Å²) in [7, 11) is 0. The van der Waals surface area contributed by atoms with Crippen molar-refractivity contribution in [2.24, 2.45) is 0 Å². The number of benzene rings is 1. The molecule has 0 bridgehead atoms. The first-order valence-corrected chi connectivity index (χ1v) is 7.46. The molecule has 0 unspecified atom stereocenters. The van der Waals surface area contributed by atoms with Crippen LogP contribution < -0.4 is 10.1 Å². The highest BCUT2D eigenvalue weighted by Gasteiger charge is 2.18. The summed E-state index contributed by atoms with van der Waals surface area (Å²) in [4.78, 5) is 16.3. The van der Waals surface area contributed by atoms with Gasteiger partial charge in [0.1, 0.15) is 11.9 Å². The Kier molecular flexibility index (Phi) is 4.73.